The van der Waals surface area contributed by atoms with E-state index in [1.165, 1.54) is 13.2 Å². The molecule has 0 spiro atoms. The van der Waals surface area contributed by atoms with Gasteiger partial charge in [0.05, 0.1) is 14.2 Å². The summed E-state index contributed by atoms with van der Waals surface area (Å²) < 4.78 is 8.38. The summed E-state index contributed by atoms with van der Waals surface area (Å²) in [5.74, 6) is 0.472. The Hall–Kier alpha value is -1.99. The Kier molecular flexibility index (Phi) is 10.6. The summed E-state index contributed by atoms with van der Waals surface area (Å²) in [6, 6.07) is 7.72. The summed E-state index contributed by atoms with van der Waals surface area (Å²) in [7, 11) is 2.98. The first kappa shape index (κ1) is 31.5. The summed E-state index contributed by atoms with van der Waals surface area (Å²) >= 11 is 17.4. The first-order chi connectivity index (χ1) is 18.3. The van der Waals surface area contributed by atoms with E-state index < -0.39 is 21.3 Å². The van der Waals surface area contributed by atoms with Crippen molar-refractivity contribution in [3.8, 4) is 5.75 Å². The number of allylic oxidation sites excluding steroid dienone is 4. The summed E-state index contributed by atoms with van der Waals surface area (Å²) in [6.45, 7) is 7.27. The summed E-state index contributed by atoms with van der Waals surface area (Å²) in [6.07, 6.45) is 8.33. The average molecular weight is 599 g/mol. The molecule has 1 aromatic rings. The van der Waals surface area contributed by atoms with Crippen molar-refractivity contribution in [2.24, 2.45) is 23.2 Å². The van der Waals surface area contributed by atoms with Gasteiger partial charge in [-0.25, -0.2) is 4.79 Å². The van der Waals surface area contributed by atoms with E-state index in [9.17, 15) is 14.7 Å². The minimum absolute atomic E-state index is 0.0149. The van der Waals surface area contributed by atoms with Crippen molar-refractivity contribution >= 4 is 46.7 Å². The second-order valence-corrected chi connectivity index (χ2v) is 13.2. The van der Waals surface area contributed by atoms with E-state index in [1.807, 2.05) is 35.2 Å². The van der Waals surface area contributed by atoms with Crippen molar-refractivity contribution in [1.29, 1.82) is 0 Å². The molecule has 5 atom stereocenters. The number of nitrogens with zero attached hydrogens (tertiary/aromatic N) is 1. The Bertz CT molecular complexity index is 1120. The van der Waals surface area contributed by atoms with Gasteiger partial charge in [-0.05, 0) is 61.6 Å². The van der Waals surface area contributed by atoms with Crippen molar-refractivity contribution in [2.45, 2.75) is 56.5 Å². The maximum atomic E-state index is 13.7. The molecule has 1 amide bonds. The van der Waals surface area contributed by atoms with E-state index in [0.29, 0.717) is 25.9 Å². The van der Waals surface area contributed by atoms with Gasteiger partial charge in [-0.15, -0.1) is 0 Å². The molecule has 3 rings (SSSR count). The number of amides is 1. The predicted molar refractivity (Wildman–Crippen MR) is 156 cm³/mol. The first-order valence-corrected chi connectivity index (χ1v) is 14.3. The van der Waals surface area contributed by atoms with Gasteiger partial charge in [-0.3, -0.25) is 4.79 Å². The molecular formula is C30H38Cl3NO5. The van der Waals surface area contributed by atoms with Crippen LogP contribution in [0.15, 0.2) is 59.7 Å². The molecule has 0 bridgehead atoms. The standard InChI is InChI=1S/C30H38Cl3NO5/c1-19(6-12-26(35)30(31,32)33)14-20(2)22-15-23(9-13-27(36)39-5)29(3)18-34(28(37)25(29)16-22)17-21-7-10-24(38-4)11-8-21/h7-11,13-14,16,19,22-23,26,35H,6,12,15,17-18H2,1-5H3/b13-9+,20-14+/t19?,22-,23?,26?,29-/m1/s1. The molecule has 1 fully saturated rings. The van der Waals surface area contributed by atoms with Gasteiger partial charge in [0.2, 0.25) is 9.70 Å². The normalized spacial score (nSPS) is 25.4. The number of esters is 1. The molecule has 1 aliphatic carbocycles. The molecule has 1 saturated heterocycles. The number of carbonyl (C=O) groups is 2. The number of carbonyl (C=O) groups excluding carboxylic acids is 2. The quantitative estimate of drug-likeness (QED) is 0.145. The predicted octanol–water partition coefficient (Wildman–Crippen LogP) is 6.43. The molecule has 0 radical (unpaired) electrons. The van der Waals surface area contributed by atoms with E-state index in [0.717, 1.165) is 28.9 Å². The SMILES string of the molecule is COC(=O)/C=C/C1C[C@@H](/C(C)=C/C(C)CCC(O)C(Cl)(Cl)Cl)C=C2C(=O)N(Cc3ccc(OC)cc3)C[C@@]21C. The maximum absolute atomic E-state index is 13.7. The van der Waals surface area contributed by atoms with Gasteiger partial charge in [-0.2, -0.15) is 0 Å². The highest BCUT2D eigenvalue weighted by Crippen LogP contribution is 2.51. The Morgan fingerprint density at radius 3 is 2.49 bits per heavy atom. The molecule has 39 heavy (non-hydrogen) atoms. The van der Waals surface area contributed by atoms with Crippen LogP contribution in [0.4, 0.5) is 0 Å². The number of likely N-dealkylation sites (tertiary alicyclic amines) is 1. The van der Waals surface area contributed by atoms with Crippen LogP contribution in [-0.2, 0) is 20.9 Å². The number of fused-ring (bicyclic) bond motifs is 1. The number of hydrogen-bond acceptors (Lipinski definition) is 5. The number of rotatable bonds is 10. The topological polar surface area (TPSA) is 76.1 Å². The lowest BCUT2D eigenvalue weighted by molar-refractivity contribution is -0.134. The number of halogens is 3. The lowest BCUT2D eigenvalue weighted by atomic mass is 9.64. The zero-order valence-corrected chi connectivity index (χ0v) is 25.4. The number of benzene rings is 1. The van der Waals surface area contributed by atoms with Crippen LogP contribution < -0.4 is 4.74 Å². The van der Waals surface area contributed by atoms with Crippen LogP contribution in [0.5, 0.6) is 5.75 Å². The van der Waals surface area contributed by atoms with E-state index in [2.05, 4.69) is 32.9 Å². The summed E-state index contributed by atoms with van der Waals surface area (Å²) in [5, 5.41) is 10.1. The number of alkyl halides is 3. The second-order valence-electron chi connectivity index (χ2n) is 10.9. The zero-order valence-electron chi connectivity index (χ0n) is 23.1. The van der Waals surface area contributed by atoms with Gasteiger partial charge in [-0.1, -0.05) is 84.6 Å². The summed E-state index contributed by atoms with van der Waals surface area (Å²) in [5.41, 5.74) is 2.48. The number of hydrogen-bond donors (Lipinski definition) is 1. The molecule has 0 aromatic heterocycles. The highest BCUT2D eigenvalue weighted by atomic mass is 35.6. The summed E-state index contributed by atoms with van der Waals surface area (Å²) in [4.78, 5) is 27.6. The minimum atomic E-state index is -1.71. The van der Waals surface area contributed by atoms with Crippen LogP contribution in [0.2, 0.25) is 0 Å². The monoisotopic (exact) mass is 597 g/mol. The molecule has 214 valence electrons. The number of ether oxygens (including phenoxy) is 2. The van der Waals surface area contributed by atoms with Crippen molar-refractivity contribution < 1.29 is 24.2 Å². The van der Waals surface area contributed by atoms with Crippen LogP contribution in [-0.4, -0.2) is 52.5 Å². The third kappa shape index (κ3) is 7.81. The van der Waals surface area contributed by atoms with Crippen LogP contribution in [0, 0.1) is 23.2 Å². The van der Waals surface area contributed by atoms with Crippen molar-refractivity contribution in [3.63, 3.8) is 0 Å². The van der Waals surface area contributed by atoms with Gasteiger partial charge >= 0.3 is 5.97 Å². The van der Waals surface area contributed by atoms with E-state index >= 15 is 0 Å². The molecule has 1 N–H and O–H groups in total. The molecular weight excluding hydrogens is 561 g/mol. The van der Waals surface area contributed by atoms with Crippen molar-refractivity contribution in [3.05, 3.63) is 65.3 Å². The molecule has 2 aliphatic rings. The average Bonchev–Trinajstić information content (AvgIpc) is 3.14. The Labute approximate surface area is 246 Å². The minimum Gasteiger partial charge on any atom is -0.497 e. The lowest BCUT2D eigenvalue weighted by Gasteiger charge is -2.39. The molecule has 3 unspecified atom stereocenters. The molecule has 0 saturated carbocycles. The maximum Gasteiger partial charge on any atom is 0.330 e. The zero-order chi connectivity index (χ0) is 29.0. The van der Waals surface area contributed by atoms with Crippen LogP contribution >= 0.6 is 34.8 Å². The lowest BCUT2D eigenvalue weighted by Crippen LogP contribution is -2.35. The van der Waals surface area contributed by atoms with Crippen LogP contribution in [0.25, 0.3) is 0 Å². The fourth-order valence-corrected chi connectivity index (χ4v) is 5.87. The molecule has 9 heteroatoms. The van der Waals surface area contributed by atoms with Crippen molar-refractivity contribution in [2.75, 3.05) is 20.8 Å². The van der Waals surface area contributed by atoms with Gasteiger partial charge < -0.3 is 19.5 Å². The number of aliphatic hydroxyl groups is 1. The Balaban J connectivity index is 1.86. The fourth-order valence-electron chi connectivity index (χ4n) is 5.54. The largest absolute Gasteiger partial charge is 0.497 e. The second kappa shape index (κ2) is 13.1. The Morgan fingerprint density at radius 2 is 1.90 bits per heavy atom. The van der Waals surface area contributed by atoms with E-state index in [-0.39, 0.29) is 23.7 Å². The van der Waals surface area contributed by atoms with Gasteiger partial charge in [0.1, 0.15) is 11.9 Å². The third-order valence-electron chi connectivity index (χ3n) is 7.95. The van der Waals surface area contributed by atoms with Crippen LogP contribution in [0.1, 0.15) is 45.6 Å². The fraction of sp³-hybridized carbons (Fsp3) is 0.533. The highest BCUT2D eigenvalue weighted by Gasteiger charge is 2.51. The molecule has 1 heterocycles. The number of aliphatic hydroxyl groups excluding tert-OH is 1. The first-order valence-electron chi connectivity index (χ1n) is 13.1. The van der Waals surface area contributed by atoms with Gasteiger partial charge in [0.25, 0.3) is 0 Å². The van der Waals surface area contributed by atoms with E-state index in [4.69, 9.17) is 44.3 Å². The third-order valence-corrected chi connectivity index (χ3v) is 8.71. The van der Waals surface area contributed by atoms with Crippen molar-refractivity contribution in [1.82, 2.24) is 4.90 Å². The molecule has 1 aliphatic heterocycles. The van der Waals surface area contributed by atoms with Gasteiger partial charge in [0.15, 0.2) is 0 Å². The molecule has 1 aromatic carbocycles. The van der Waals surface area contributed by atoms with E-state index in [1.54, 1.807) is 7.11 Å². The van der Waals surface area contributed by atoms with Gasteiger partial charge in [0, 0.05) is 30.2 Å². The number of methoxy groups -OCH3 is 2. The smallest absolute Gasteiger partial charge is 0.330 e. The van der Waals surface area contributed by atoms with Crippen LogP contribution in [0.3, 0.4) is 0 Å². The Morgan fingerprint density at radius 1 is 1.23 bits per heavy atom. The highest BCUT2D eigenvalue weighted by molar-refractivity contribution is 6.68. The molecule has 6 nitrogen and oxygen atoms in total.